The van der Waals surface area contributed by atoms with Gasteiger partial charge in [-0.2, -0.15) is 0 Å². The molecule has 2 aromatic carbocycles. The number of ether oxygens (including phenoxy) is 2. The monoisotopic (exact) mass is 329 g/mol. The molecule has 23 heavy (non-hydrogen) atoms. The quantitative estimate of drug-likeness (QED) is 0.856. The molecule has 1 aliphatic heterocycles. The summed E-state index contributed by atoms with van der Waals surface area (Å²) in [7, 11) is 0. The van der Waals surface area contributed by atoms with E-state index in [4.69, 9.17) is 9.47 Å². The molecule has 1 heterocycles. The topological polar surface area (TPSA) is 47.6 Å². The van der Waals surface area contributed by atoms with Crippen LogP contribution in [0.25, 0.3) is 0 Å². The Morgan fingerprint density at radius 3 is 2.65 bits per heavy atom. The molecule has 1 atom stereocenters. The molecular weight excluding hydrogens is 310 g/mol. The predicted octanol–water partition coefficient (Wildman–Crippen LogP) is 4.15. The van der Waals surface area contributed by atoms with Gasteiger partial charge < -0.3 is 14.8 Å². The Balaban J connectivity index is 1.64. The minimum Gasteiger partial charge on any atom is -0.454 e. The van der Waals surface area contributed by atoms with Gasteiger partial charge in [0.2, 0.25) is 12.7 Å². The highest BCUT2D eigenvalue weighted by Gasteiger charge is 2.17. The number of nitrogens with one attached hydrogen (secondary N) is 1. The number of anilines is 1. The van der Waals surface area contributed by atoms with Crippen molar-refractivity contribution in [3.05, 3.63) is 47.5 Å². The maximum Gasteiger partial charge on any atom is 0.237 e. The molecule has 3 rings (SSSR count). The molecule has 2 aromatic rings. The van der Waals surface area contributed by atoms with Crippen LogP contribution in [0.15, 0.2) is 41.3 Å². The van der Waals surface area contributed by atoms with Crippen molar-refractivity contribution in [1.29, 1.82) is 0 Å². The van der Waals surface area contributed by atoms with Gasteiger partial charge in [0.1, 0.15) is 0 Å². The van der Waals surface area contributed by atoms with Crippen LogP contribution in [-0.2, 0) is 4.79 Å². The summed E-state index contributed by atoms with van der Waals surface area (Å²) < 4.78 is 10.6. The van der Waals surface area contributed by atoms with E-state index in [0.717, 1.165) is 4.90 Å². The molecule has 1 amide bonds. The van der Waals surface area contributed by atoms with Crippen molar-refractivity contribution in [1.82, 2.24) is 0 Å². The summed E-state index contributed by atoms with van der Waals surface area (Å²) in [5, 5.41) is 2.73. The minimum atomic E-state index is -0.192. The van der Waals surface area contributed by atoms with E-state index in [9.17, 15) is 4.79 Å². The lowest BCUT2D eigenvalue weighted by Crippen LogP contribution is -2.22. The summed E-state index contributed by atoms with van der Waals surface area (Å²) in [4.78, 5) is 13.5. The van der Waals surface area contributed by atoms with E-state index >= 15 is 0 Å². The fraction of sp³-hybridized carbons (Fsp3) is 0.278. The summed E-state index contributed by atoms with van der Waals surface area (Å²) in [5.74, 6) is 1.34. The first-order valence-corrected chi connectivity index (χ1v) is 8.35. The summed E-state index contributed by atoms with van der Waals surface area (Å²) >= 11 is 1.55. The van der Waals surface area contributed by atoms with Gasteiger partial charge in [0, 0.05) is 16.6 Å². The van der Waals surface area contributed by atoms with Gasteiger partial charge in [-0.3, -0.25) is 4.79 Å². The molecule has 0 fully saturated rings. The second-order valence-electron chi connectivity index (χ2n) is 5.56. The Labute approximate surface area is 140 Å². The molecule has 1 aliphatic rings. The lowest BCUT2D eigenvalue weighted by molar-refractivity contribution is -0.115. The van der Waals surface area contributed by atoms with Gasteiger partial charge in [0.15, 0.2) is 11.5 Å². The zero-order valence-electron chi connectivity index (χ0n) is 13.4. The van der Waals surface area contributed by atoms with Gasteiger partial charge in [-0.15, -0.1) is 11.8 Å². The Hall–Kier alpha value is -2.14. The molecule has 5 heteroatoms. The molecule has 0 spiro atoms. The standard InChI is InChI=1S/C18H19NO3S/c1-11-4-6-15(8-12(11)2)23-13(3)18(20)19-14-5-7-16-17(9-14)22-10-21-16/h4-9,13H,10H2,1-3H3,(H,19,20)/t13-/m1/s1. The molecule has 0 saturated heterocycles. The molecule has 0 radical (unpaired) electrons. The van der Waals surface area contributed by atoms with E-state index in [1.165, 1.54) is 11.1 Å². The Kier molecular flexibility index (Phi) is 4.48. The molecule has 120 valence electrons. The molecule has 0 bridgehead atoms. The number of fused-ring (bicyclic) bond motifs is 1. The van der Waals surface area contributed by atoms with Crippen LogP contribution in [0.2, 0.25) is 0 Å². The number of aryl methyl sites for hydroxylation is 2. The van der Waals surface area contributed by atoms with Crippen molar-refractivity contribution < 1.29 is 14.3 Å². The summed E-state index contributed by atoms with van der Waals surface area (Å²) in [6.07, 6.45) is 0. The van der Waals surface area contributed by atoms with Crippen LogP contribution in [-0.4, -0.2) is 18.0 Å². The van der Waals surface area contributed by atoms with Crippen LogP contribution in [0, 0.1) is 13.8 Å². The zero-order valence-corrected chi connectivity index (χ0v) is 14.2. The van der Waals surface area contributed by atoms with Crippen molar-refractivity contribution in [3.63, 3.8) is 0 Å². The first-order chi connectivity index (χ1) is 11.0. The Morgan fingerprint density at radius 2 is 1.87 bits per heavy atom. The van der Waals surface area contributed by atoms with E-state index in [1.807, 2.05) is 13.0 Å². The lowest BCUT2D eigenvalue weighted by Gasteiger charge is -2.13. The average molecular weight is 329 g/mol. The van der Waals surface area contributed by atoms with Crippen molar-refractivity contribution in [2.24, 2.45) is 0 Å². The molecule has 0 aromatic heterocycles. The fourth-order valence-corrected chi connectivity index (χ4v) is 3.23. The maximum absolute atomic E-state index is 12.4. The highest BCUT2D eigenvalue weighted by atomic mass is 32.2. The van der Waals surface area contributed by atoms with E-state index in [-0.39, 0.29) is 18.0 Å². The molecule has 4 nitrogen and oxygen atoms in total. The molecule has 0 aliphatic carbocycles. The van der Waals surface area contributed by atoms with Crippen LogP contribution in [0.4, 0.5) is 5.69 Å². The van der Waals surface area contributed by atoms with Gasteiger partial charge in [-0.1, -0.05) is 6.07 Å². The third-order valence-corrected chi connectivity index (χ3v) is 4.89. The lowest BCUT2D eigenvalue weighted by atomic mass is 10.1. The number of hydrogen-bond donors (Lipinski definition) is 1. The van der Waals surface area contributed by atoms with Gasteiger partial charge in [-0.25, -0.2) is 0 Å². The average Bonchev–Trinajstić information content (AvgIpc) is 2.98. The highest BCUT2D eigenvalue weighted by molar-refractivity contribution is 8.00. The first kappa shape index (κ1) is 15.7. The number of benzene rings is 2. The summed E-state index contributed by atoms with van der Waals surface area (Å²) in [6.45, 7) is 6.30. The largest absolute Gasteiger partial charge is 0.454 e. The summed E-state index contributed by atoms with van der Waals surface area (Å²) in [5.41, 5.74) is 3.21. The number of carbonyl (C=O) groups excluding carboxylic acids is 1. The molecular formula is C18H19NO3S. The second kappa shape index (κ2) is 6.54. The summed E-state index contributed by atoms with van der Waals surface area (Å²) in [6, 6.07) is 11.7. The number of hydrogen-bond acceptors (Lipinski definition) is 4. The third-order valence-electron chi connectivity index (χ3n) is 3.80. The first-order valence-electron chi connectivity index (χ1n) is 7.47. The van der Waals surface area contributed by atoms with E-state index < -0.39 is 0 Å². The number of thioether (sulfide) groups is 1. The number of carbonyl (C=O) groups is 1. The smallest absolute Gasteiger partial charge is 0.237 e. The molecule has 0 saturated carbocycles. The SMILES string of the molecule is Cc1ccc(S[C@H](C)C(=O)Nc2ccc3c(c2)OCO3)cc1C. The predicted molar refractivity (Wildman–Crippen MR) is 92.4 cm³/mol. The van der Waals surface area contributed by atoms with Crippen LogP contribution in [0.5, 0.6) is 11.5 Å². The van der Waals surface area contributed by atoms with E-state index in [2.05, 4.69) is 37.4 Å². The number of rotatable bonds is 4. The van der Waals surface area contributed by atoms with Crippen molar-refractivity contribution in [2.75, 3.05) is 12.1 Å². The minimum absolute atomic E-state index is 0.0351. The van der Waals surface area contributed by atoms with E-state index in [0.29, 0.717) is 17.2 Å². The molecule has 1 N–H and O–H groups in total. The van der Waals surface area contributed by atoms with Crippen LogP contribution < -0.4 is 14.8 Å². The fourth-order valence-electron chi connectivity index (χ4n) is 2.26. The Morgan fingerprint density at radius 1 is 1.09 bits per heavy atom. The number of amides is 1. The zero-order chi connectivity index (χ0) is 16.4. The van der Waals surface area contributed by atoms with Gasteiger partial charge in [0.25, 0.3) is 0 Å². The van der Waals surface area contributed by atoms with Gasteiger partial charge in [-0.05, 0) is 56.2 Å². The van der Waals surface area contributed by atoms with E-state index in [1.54, 1.807) is 23.9 Å². The van der Waals surface area contributed by atoms with Crippen molar-refractivity contribution in [3.8, 4) is 11.5 Å². The molecule has 0 unspecified atom stereocenters. The van der Waals surface area contributed by atoms with Crippen LogP contribution in [0.3, 0.4) is 0 Å². The second-order valence-corrected chi connectivity index (χ2v) is 6.98. The third kappa shape index (κ3) is 3.62. The van der Waals surface area contributed by atoms with Crippen molar-refractivity contribution >= 4 is 23.4 Å². The van der Waals surface area contributed by atoms with Gasteiger partial charge >= 0.3 is 0 Å². The highest BCUT2D eigenvalue weighted by Crippen LogP contribution is 2.34. The van der Waals surface area contributed by atoms with Crippen LogP contribution >= 0.6 is 11.8 Å². The maximum atomic E-state index is 12.4. The van der Waals surface area contributed by atoms with Crippen LogP contribution in [0.1, 0.15) is 18.1 Å². The van der Waals surface area contributed by atoms with Gasteiger partial charge in [0.05, 0.1) is 5.25 Å². The van der Waals surface area contributed by atoms with Crippen molar-refractivity contribution in [2.45, 2.75) is 30.9 Å². The Bertz CT molecular complexity index is 745. The normalized spacial score (nSPS) is 13.7.